The topological polar surface area (TPSA) is 15.3 Å². The maximum Gasteiger partial charge on any atom is 0.0467 e. The van der Waals surface area contributed by atoms with Crippen LogP contribution < -0.4 is 5.32 Å². The van der Waals surface area contributed by atoms with Gasteiger partial charge in [-0.25, -0.2) is 0 Å². The van der Waals surface area contributed by atoms with Crippen LogP contribution in [0.2, 0.25) is 0 Å². The molecular weight excluding hydrogens is 204 g/mol. The molecule has 2 rings (SSSR count). The smallest absolute Gasteiger partial charge is 0.0467 e. The molecule has 1 aromatic rings. The normalized spacial score (nSPS) is 18.3. The Morgan fingerprint density at radius 2 is 2.40 bits per heavy atom. The van der Waals surface area contributed by atoms with Crippen molar-refractivity contribution in [2.24, 2.45) is 5.92 Å². The maximum absolute atomic E-state index is 3.22. The Kier molecular flexibility index (Phi) is 3.78. The van der Waals surface area contributed by atoms with E-state index in [0.717, 1.165) is 19.0 Å². The van der Waals surface area contributed by atoms with E-state index >= 15 is 0 Å². The van der Waals surface area contributed by atoms with Gasteiger partial charge in [0.15, 0.2) is 0 Å². The van der Waals surface area contributed by atoms with Crippen LogP contribution in [-0.2, 0) is 0 Å². The van der Waals surface area contributed by atoms with E-state index in [1.807, 2.05) is 18.4 Å². The average Bonchev–Trinajstić information content (AvgIpc) is 2.91. The molecule has 1 fully saturated rings. The highest BCUT2D eigenvalue weighted by Crippen LogP contribution is 2.45. The van der Waals surface area contributed by atoms with Crippen LogP contribution in [0.15, 0.2) is 17.5 Å². The van der Waals surface area contributed by atoms with Crippen molar-refractivity contribution >= 4 is 11.3 Å². The van der Waals surface area contributed by atoms with E-state index in [4.69, 9.17) is 0 Å². The van der Waals surface area contributed by atoms with Gasteiger partial charge in [0.05, 0.1) is 0 Å². The van der Waals surface area contributed by atoms with Gasteiger partial charge >= 0.3 is 0 Å². The highest BCUT2D eigenvalue weighted by molar-refractivity contribution is 7.10. The summed E-state index contributed by atoms with van der Waals surface area (Å²) in [5.74, 6) is 0.908. The minimum absolute atomic E-state index is 0.665. The minimum Gasteiger partial charge on any atom is -0.318 e. The van der Waals surface area contributed by atoms with E-state index < -0.39 is 0 Å². The number of likely N-dealkylation sites (N-methyl/N-ethyl adjacent to an activating group) is 2. The van der Waals surface area contributed by atoms with Crippen molar-refractivity contribution in [3.05, 3.63) is 22.4 Å². The molecular formula is C12H20N2S. The second kappa shape index (κ2) is 5.10. The number of hydrogen-bond donors (Lipinski definition) is 1. The van der Waals surface area contributed by atoms with Crippen molar-refractivity contribution in [3.8, 4) is 0 Å². The molecule has 3 heteroatoms. The van der Waals surface area contributed by atoms with Gasteiger partial charge in [0.25, 0.3) is 0 Å². The Labute approximate surface area is 96.3 Å². The van der Waals surface area contributed by atoms with Gasteiger partial charge in [0.2, 0.25) is 0 Å². The van der Waals surface area contributed by atoms with Gasteiger partial charge in [-0.2, -0.15) is 0 Å². The lowest BCUT2D eigenvalue weighted by molar-refractivity contribution is 0.226. The fourth-order valence-electron chi connectivity index (χ4n) is 2.11. The Bertz CT molecular complexity index is 280. The minimum atomic E-state index is 0.665. The van der Waals surface area contributed by atoms with Crippen molar-refractivity contribution in [1.29, 1.82) is 0 Å². The van der Waals surface area contributed by atoms with Crippen molar-refractivity contribution in [3.63, 3.8) is 0 Å². The van der Waals surface area contributed by atoms with Gasteiger partial charge in [-0.3, -0.25) is 4.90 Å². The van der Waals surface area contributed by atoms with Crippen molar-refractivity contribution < 1.29 is 0 Å². The van der Waals surface area contributed by atoms with Crippen LogP contribution in [0.5, 0.6) is 0 Å². The van der Waals surface area contributed by atoms with Gasteiger partial charge in [-0.1, -0.05) is 6.07 Å². The SMILES string of the molecule is CNCCN(C)C(c1cccs1)C1CC1. The van der Waals surface area contributed by atoms with E-state index in [1.165, 1.54) is 17.7 Å². The number of nitrogens with one attached hydrogen (secondary N) is 1. The fourth-order valence-corrected chi connectivity index (χ4v) is 3.09. The molecule has 1 aliphatic rings. The van der Waals surface area contributed by atoms with Crippen LogP contribution in [0.25, 0.3) is 0 Å². The lowest BCUT2D eigenvalue weighted by Crippen LogP contribution is -2.31. The van der Waals surface area contributed by atoms with Gasteiger partial charge in [0.1, 0.15) is 0 Å². The molecule has 0 bridgehead atoms. The molecule has 1 unspecified atom stereocenters. The zero-order valence-electron chi connectivity index (χ0n) is 9.57. The van der Waals surface area contributed by atoms with Crippen molar-refractivity contribution in [2.45, 2.75) is 18.9 Å². The summed E-state index contributed by atoms with van der Waals surface area (Å²) in [6.07, 6.45) is 2.82. The zero-order valence-corrected chi connectivity index (χ0v) is 10.4. The van der Waals surface area contributed by atoms with Crippen LogP contribution in [0.1, 0.15) is 23.8 Å². The number of hydrogen-bond acceptors (Lipinski definition) is 3. The third-order valence-electron chi connectivity index (χ3n) is 3.09. The Hall–Kier alpha value is -0.380. The first-order valence-corrected chi connectivity index (χ1v) is 6.59. The van der Waals surface area contributed by atoms with Crippen LogP contribution in [0.4, 0.5) is 0 Å². The highest BCUT2D eigenvalue weighted by Gasteiger charge is 2.35. The molecule has 1 aliphatic carbocycles. The van der Waals surface area contributed by atoms with Crippen LogP contribution in [-0.4, -0.2) is 32.1 Å². The van der Waals surface area contributed by atoms with E-state index in [1.54, 1.807) is 0 Å². The summed E-state index contributed by atoms with van der Waals surface area (Å²) in [4.78, 5) is 4.04. The van der Waals surface area contributed by atoms with Crippen LogP contribution in [0.3, 0.4) is 0 Å². The standard InChI is InChI=1S/C12H20N2S/c1-13-7-8-14(2)12(10-5-6-10)11-4-3-9-15-11/h3-4,9-10,12-13H,5-8H2,1-2H3. The molecule has 15 heavy (non-hydrogen) atoms. The zero-order chi connectivity index (χ0) is 10.7. The van der Waals surface area contributed by atoms with Crippen LogP contribution in [0, 0.1) is 5.92 Å². The Morgan fingerprint density at radius 1 is 1.60 bits per heavy atom. The average molecular weight is 224 g/mol. The van der Waals surface area contributed by atoms with Gasteiger partial charge in [-0.15, -0.1) is 11.3 Å². The molecule has 1 saturated carbocycles. The lowest BCUT2D eigenvalue weighted by atomic mass is 10.1. The van der Waals surface area contributed by atoms with E-state index in [-0.39, 0.29) is 0 Å². The largest absolute Gasteiger partial charge is 0.318 e. The molecule has 0 amide bonds. The summed E-state index contributed by atoms with van der Waals surface area (Å²) in [5.41, 5.74) is 0. The van der Waals surface area contributed by atoms with Gasteiger partial charge < -0.3 is 5.32 Å². The summed E-state index contributed by atoms with van der Waals surface area (Å²) in [6, 6.07) is 5.11. The summed E-state index contributed by atoms with van der Waals surface area (Å²) >= 11 is 1.90. The highest BCUT2D eigenvalue weighted by atomic mass is 32.1. The molecule has 0 spiro atoms. The third-order valence-corrected chi connectivity index (χ3v) is 4.04. The van der Waals surface area contributed by atoms with Gasteiger partial charge in [0, 0.05) is 24.0 Å². The number of thiophene rings is 1. The summed E-state index contributed by atoms with van der Waals surface area (Å²) < 4.78 is 0. The first kappa shape index (κ1) is 11.1. The predicted molar refractivity (Wildman–Crippen MR) is 66.3 cm³/mol. The van der Waals surface area contributed by atoms with E-state index in [0.29, 0.717) is 6.04 Å². The van der Waals surface area contributed by atoms with Crippen molar-refractivity contribution in [2.75, 3.05) is 27.2 Å². The van der Waals surface area contributed by atoms with Gasteiger partial charge in [-0.05, 0) is 44.3 Å². The molecule has 0 aliphatic heterocycles. The quantitative estimate of drug-likeness (QED) is 0.798. The predicted octanol–water partition coefficient (Wildman–Crippen LogP) is 2.35. The molecule has 0 saturated heterocycles. The Balaban J connectivity index is 1.99. The fraction of sp³-hybridized carbons (Fsp3) is 0.667. The molecule has 84 valence electrons. The molecule has 0 aromatic carbocycles. The molecule has 1 aromatic heterocycles. The molecule has 0 radical (unpaired) electrons. The molecule has 1 heterocycles. The maximum atomic E-state index is 3.22. The Morgan fingerprint density at radius 3 is 2.93 bits per heavy atom. The first-order chi connectivity index (χ1) is 7.33. The summed E-state index contributed by atoms with van der Waals surface area (Å²) in [5, 5.41) is 5.41. The monoisotopic (exact) mass is 224 g/mol. The third kappa shape index (κ3) is 2.80. The number of rotatable bonds is 6. The van der Waals surface area contributed by atoms with E-state index in [2.05, 4.69) is 34.8 Å². The molecule has 1 atom stereocenters. The van der Waals surface area contributed by atoms with E-state index in [9.17, 15) is 0 Å². The second-order valence-corrected chi connectivity index (χ2v) is 5.36. The summed E-state index contributed by atoms with van der Waals surface area (Å²) in [7, 11) is 4.27. The number of nitrogens with zero attached hydrogens (tertiary/aromatic N) is 1. The lowest BCUT2D eigenvalue weighted by Gasteiger charge is -2.27. The van der Waals surface area contributed by atoms with Crippen LogP contribution >= 0.6 is 11.3 Å². The second-order valence-electron chi connectivity index (χ2n) is 4.38. The molecule has 2 nitrogen and oxygen atoms in total. The first-order valence-electron chi connectivity index (χ1n) is 5.71. The molecule has 1 N–H and O–H groups in total. The summed E-state index contributed by atoms with van der Waals surface area (Å²) in [6.45, 7) is 2.21. The van der Waals surface area contributed by atoms with Crippen molar-refractivity contribution in [1.82, 2.24) is 10.2 Å².